The van der Waals surface area contributed by atoms with Crippen molar-refractivity contribution < 1.29 is 0 Å². The number of hydrogen-bond acceptors (Lipinski definition) is 5. The first-order valence-corrected chi connectivity index (χ1v) is 8.34. The molecule has 5 heteroatoms. The van der Waals surface area contributed by atoms with Gasteiger partial charge in [-0.3, -0.25) is 4.90 Å². The third-order valence-electron chi connectivity index (χ3n) is 4.81. The first-order chi connectivity index (χ1) is 9.33. The van der Waals surface area contributed by atoms with Gasteiger partial charge < -0.3 is 10.6 Å². The van der Waals surface area contributed by atoms with Crippen LogP contribution in [0.2, 0.25) is 0 Å². The molecule has 0 bridgehead atoms. The highest BCUT2D eigenvalue weighted by Gasteiger charge is 2.35. The molecule has 1 unspecified atom stereocenters. The predicted molar refractivity (Wildman–Crippen MR) is 79.9 cm³/mol. The standard InChI is InChI=1S/C14H22N4S/c15-13-12(10-4-5-10)14(19-16-13)18-8-2-7-17-6-1-3-11(17)9-18/h10-11H,1-9H2,(H2,15,16). The highest BCUT2D eigenvalue weighted by molar-refractivity contribution is 7.10. The third-order valence-corrected chi connectivity index (χ3v) is 5.75. The highest BCUT2D eigenvalue weighted by Crippen LogP contribution is 2.49. The van der Waals surface area contributed by atoms with Gasteiger partial charge in [-0.05, 0) is 56.1 Å². The Bertz CT molecular complexity index is 468. The van der Waals surface area contributed by atoms with Crippen LogP contribution in [0.5, 0.6) is 0 Å². The van der Waals surface area contributed by atoms with E-state index in [1.165, 1.54) is 68.8 Å². The molecule has 19 heavy (non-hydrogen) atoms. The van der Waals surface area contributed by atoms with E-state index in [4.69, 9.17) is 5.73 Å². The molecule has 0 amide bonds. The van der Waals surface area contributed by atoms with Crippen molar-refractivity contribution in [3.8, 4) is 0 Å². The van der Waals surface area contributed by atoms with Crippen LogP contribution in [0.1, 0.15) is 43.6 Å². The third kappa shape index (κ3) is 2.13. The number of anilines is 2. The molecule has 0 spiro atoms. The molecule has 0 aromatic carbocycles. The smallest absolute Gasteiger partial charge is 0.142 e. The topological polar surface area (TPSA) is 45.4 Å². The molecular formula is C14H22N4S. The number of fused-ring (bicyclic) bond motifs is 1. The van der Waals surface area contributed by atoms with Gasteiger partial charge in [-0.2, -0.15) is 4.37 Å². The molecule has 2 saturated heterocycles. The summed E-state index contributed by atoms with van der Waals surface area (Å²) < 4.78 is 4.43. The fourth-order valence-corrected chi connectivity index (χ4v) is 4.61. The van der Waals surface area contributed by atoms with Gasteiger partial charge in [-0.15, -0.1) is 0 Å². The molecule has 3 heterocycles. The van der Waals surface area contributed by atoms with Crippen LogP contribution < -0.4 is 10.6 Å². The summed E-state index contributed by atoms with van der Waals surface area (Å²) in [6.45, 7) is 4.93. The first-order valence-electron chi connectivity index (χ1n) is 7.57. The zero-order valence-electron chi connectivity index (χ0n) is 11.3. The Morgan fingerprint density at radius 3 is 2.79 bits per heavy atom. The van der Waals surface area contributed by atoms with Crippen molar-refractivity contribution >= 4 is 22.4 Å². The second-order valence-corrected chi connectivity index (χ2v) is 6.94. The summed E-state index contributed by atoms with van der Waals surface area (Å²) in [6.07, 6.45) is 6.62. The maximum atomic E-state index is 6.10. The number of rotatable bonds is 2. The van der Waals surface area contributed by atoms with Crippen molar-refractivity contribution in [2.45, 2.75) is 44.1 Å². The van der Waals surface area contributed by atoms with Crippen LogP contribution in [0.4, 0.5) is 10.8 Å². The summed E-state index contributed by atoms with van der Waals surface area (Å²) in [7, 11) is 0. The Hall–Kier alpha value is -0.810. The summed E-state index contributed by atoms with van der Waals surface area (Å²) in [6, 6.07) is 0.762. The van der Waals surface area contributed by atoms with Gasteiger partial charge in [0.05, 0.1) is 0 Å². The summed E-state index contributed by atoms with van der Waals surface area (Å²) in [5, 5.41) is 1.38. The lowest BCUT2D eigenvalue weighted by Gasteiger charge is -2.26. The fraction of sp³-hybridized carbons (Fsp3) is 0.786. The maximum Gasteiger partial charge on any atom is 0.142 e. The average molecular weight is 278 g/mol. The lowest BCUT2D eigenvalue weighted by Crippen LogP contribution is -2.36. The van der Waals surface area contributed by atoms with Crippen molar-refractivity contribution in [3.05, 3.63) is 5.56 Å². The van der Waals surface area contributed by atoms with Gasteiger partial charge in [0.25, 0.3) is 0 Å². The number of nitrogen functional groups attached to an aromatic ring is 1. The van der Waals surface area contributed by atoms with Crippen molar-refractivity contribution in [3.63, 3.8) is 0 Å². The lowest BCUT2D eigenvalue weighted by molar-refractivity contribution is 0.273. The lowest BCUT2D eigenvalue weighted by atomic mass is 10.1. The molecule has 3 aliphatic rings. The van der Waals surface area contributed by atoms with E-state index in [1.54, 1.807) is 11.5 Å². The van der Waals surface area contributed by atoms with Gasteiger partial charge >= 0.3 is 0 Å². The van der Waals surface area contributed by atoms with Crippen molar-refractivity contribution in [2.24, 2.45) is 0 Å². The normalized spacial score (nSPS) is 28.4. The molecule has 1 aliphatic carbocycles. The number of aromatic nitrogens is 1. The SMILES string of the molecule is Nc1nsc(N2CCCN3CCCC3C2)c1C1CC1. The summed E-state index contributed by atoms with van der Waals surface area (Å²) in [5.41, 5.74) is 7.47. The maximum absolute atomic E-state index is 6.10. The minimum atomic E-state index is 0.705. The molecule has 104 valence electrons. The summed E-state index contributed by atoms with van der Waals surface area (Å²) in [4.78, 5) is 5.26. The molecule has 2 aliphatic heterocycles. The van der Waals surface area contributed by atoms with E-state index < -0.39 is 0 Å². The highest BCUT2D eigenvalue weighted by atomic mass is 32.1. The predicted octanol–water partition coefficient (Wildman–Crippen LogP) is 2.28. The first kappa shape index (κ1) is 12.0. The quantitative estimate of drug-likeness (QED) is 0.901. The molecule has 3 fully saturated rings. The Morgan fingerprint density at radius 2 is 1.95 bits per heavy atom. The minimum Gasteiger partial charge on any atom is -0.383 e. The van der Waals surface area contributed by atoms with Crippen LogP contribution in [0, 0.1) is 0 Å². The van der Waals surface area contributed by atoms with Crippen molar-refractivity contribution in [2.75, 3.05) is 36.8 Å². The van der Waals surface area contributed by atoms with Gasteiger partial charge in [-0.1, -0.05) is 0 Å². The Balaban J connectivity index is 1.60. The molecule has 2 N–H and O–H groups in total. The van der Waals surface area contributed by atoms with E-state index in [-0.39, 0.29) is 0 Å². The van der Waals surface area contributed by atoms with Gasteiger partial charge in [0.1, 0.15) is 10.8 Å². The molecule has 1 aromatic rings. The summed E-state index contributed by atoms with van der Waals surface area (Å²) >= 11 is 1.63. The van der Waals surface area contributed by atoms with Crippen LogP contribution in [-0.2, 0) is 0 Å². The second kappa shape index (κ2) is 4.63. The zero-order valence-corrected chi connectivity index (χ0v) is 12.2. The molecule has 1 saturated carbocycles. The molecule has 0 radical (unpaired) electrons. The van der Waals surface area contributed by atoms with Crippen LogP contribution in [0.3, 0.4) is 0 Å². The van der Waals surface area contributed by atoms with E-state index in [1.807, 2.05) is 0 Å². The fourth-order valence-electron chi connectivity index (χ4n) is 3.68. The molecule has 4 rings (SSSR count). The number of nitrogens with zero attached hydrogens (tertiary/aromatic N) is 3. The van der Waals surface area contributed by atoms with E-state index in [0.29, 0.717) is 5.92 Å². The zero-order chi connectivity index (χ0) is 12.8. The monoisotopic (exact) mass is 278 g/mol. The van der Waals surface area contributed by atoms with Crippen molar-refractivity contribution in [1.29, 1.82) is 0 Å². The number of hydrogen-bond donors (Lipinski definition) is 1. The van der Waals surface area contributed by atoms with Gasteiger partial charge in [0, 0.05) is 31.2 Å². The van der Waals surface area contributed by atoms with Crippen LogP contribution >= 0.6 is 11.5 Å². The molecule has 1 aromatic heterocycles. The van der Waals surface area contributed by atoms with E-state index in [2.05, 4.69) is 14.2 Å². The molecule has 4 nitrogen and oxygen atoms in total. The molecular weight excluding hydrogens is 256 g/mol. The second-order valence-electron chi connectivity index (χ2n) is 6.19. The minimum absolute atomic E-state index is 0.705. The van der Waals surface area contributed by atoms with Gasteiger partial charge in [0.15, 0.2) is 0 Å². The van der Waals surface area contributed by atoms with E-state index in [9.17, 15) is 0 Å². The van der Waals surface area contributed by atoms with Crippen LogP contribution in [0.15, 0.2) is 0 Å². The van der Waals surface area contributed by atoms with Gasteiger partial charge in [-0.25, -0.2) is 0 Å². The van der Waals surface area contributed by atoms with E-state index >= 15 is 0 Å². The largest absolute Gasteiger partial charge is 0.383 e. The Morgan fingerprint density at radius 1 is 1.11 bits per heavy atom. The van der Waals surface area contributed by atoms with Crippen LogP contribution in [0.25, 0.3) is 0 Å². The Labute approximate surface area is 118 Å². The van der Waals surface area contributed by atoms with Crippen molar-refractivity contribution in [1.82, 2.24) is 9.27 Å². The van der Waals surface area contributed by atoms with Crippen LogP contribution in [-0.4, -0.2) is 41.5 Å². The number of nitrogens with two attached hydrogens (primary N) is 1. The van der Waals surface area contributed by atoms with Gasteiger partial charge in [0.2, 0.25) is 0 Å². The average Bonchev–Trinajstić information content (AvgIpc) is 3.09. The van der Waals surface area contributed by atoms with E-state index in [0.717, 1.165) is 11.9 Å². The summed E-state index contributed by atoms with van der Waals surface area (Å²) in [5.74, 6) is 1.51. The Kier molecular flexibility index (Phi) is 2.92. The molecule has 1 atom stereocenters.